The van der Waals surface area contributed by atoms with Crippen molar-refractivity contribution in [2.45, 2.75) is 77.4 Å². The first kappa shape index (κ1) is 20.9. The highest BCUT2D eigenvalue weighted by molar-refractivity contribution is 6.75. The standard InChI is InChI=1S/C17H32O4Si/c1-5-8-13-22(14-9-6-2,15-10-7-3)21-17(19)12-11-16(18)20-4/h11-12H,5-10,13-15H2,1-4H3/b12-11-. The summed E-state index contributed by atoms with van der Waals surface area (Å²) >= 11 is 0. The van der Waals surface area contributed by atoms with Gasteiger partial charge in [-0.15, -0.1) is 0 Å². The van der Waals surface area contributed by atoms with Gasteiger partial charge in [0.25, 0.3) is 8.32 Å². The molecule has 0 atom stereocenters. The number of esters is 1. The zero-order valence-electron chi connectivity index (χ0n) is 14.7. The Balaban J connectivity index is 4.93. The Morgan fingerprint density at radius 2 is 1.23 bits per heavy atom. The van der Waals surface area contributed by atoms with E-state index in [4.69, 9.17) is 4.43 Å². The predicted molar refractivity (Wildman–Crippen MR) is 92.1 cm³/mol. The maximum Gasteiger partial charge on any atom is 0.330 e. The number of ether oxygens (including phenoxy) is 1. The van der Waals surface area contributed by atoms with Gasteiger partial charge >= 0.3 is 11.9 Å². The lowest BCUT2D eigenvalue weighted by molar-refractivity contribution is -0.136. The lowest BCUT2D eigenvalue weighted by Crippen LogP contribution is -2.40. The van der Waals surface area contributed by atoms with Crippen molar-refractivity contribution in [2.75, 3.05) is 7.11 Å². The maximum absolute atomic E-state index is 12.1. The van der Waals surface area contributed by atoms with Gasteiger partial charge in [-0.05, 0) is 18.1 Å². The van der Waals surface area contributed by atoms with E-state index in [9.17, 15) is 9.59 Å². The van der Waals surface area contributed by atoms with Gasteiger partial charge in [0, 0.05) is 12.2 Å². The van der Waals surface area contributed by atoms with Crippen LogP contribution in [0, 0.1) is 0 Å². The molecule has 0 saturated heterocycles. The van der Waals surface area contributed by atoms with E-state index in [-0.39, 0.29) is 5.97 Å². The van der Waals surface area contributed by atoms with Crippen molar-refractivity contribution in [3.8, 4) is 0 Å². The minimum absolute atomic E-state index is 0.389. The van der Waals surface area contributed by atoms with Crippen LogP contribution in [0.15, 0.2) is 12.2 Å². The maximum atomic E-state index is 12.1. The molecule has 0 fully saturated rings. The summed E-state index contributed by atoms with van der Waals surface area (Å²) in [5.41, 5.74) is 0. The third-order valence-electron chi connectivity index (χ3n) is 3.83. The minimum Gasteiger partial charge on any atom is -0.516 e. The van der Waals surface area contributed by atoms with Crippen LogP contribution in [0.3, 0.4) is 0 Å². The topological polar surface area (TPSA) is 52.6 Å². The number of unbranched alkanes of at least 4 members (excludes halogenated alkanes) is 3. The number of carbonyl (C=O) groups excluding carboxylic acids is 2. The van der Waals surface area contributed by atoms with Crippen LogP contribution in [0.4, 0.5) is 0 Å². The molecule has 0 aliphatic rings. The second-order valence-electron chi connectivity index (χ2n) is 5.77. The minimum atomic E-state index is -2.06. The molecule has 0 N–H and O–H groups in total. The normalized spacial score (nSPS) is 11.6. The molecule has 0 unspecified atom stereocenters. The molecule has 0 aliphatic heterocycles. The van der Waals surface area contributed by atoms with Gasteiger partial charge in [0.05, 0.1) is 7.11 Å². The lowest BCUT2D eigenvalue weighted by Gasteiger charge is -2.31. The Kier molecular flexibility index (Phi) is 11.8. The lowest BCUT2D eigenvalue weighted by atomic mass is 10.4. The highest BCUT2D eigenvalue weighted by Gasteiger charge is 2.36. The van der Waals surface area contributed by atoms with Gasteiger partial charge in [0.15, 0.2) is 0 Å². The highest BCUT2D eigenvalue weighted by Crippen LogP contribution is 2.29. The summed E-state index contributed by atoms with van der Waals surface area (Å²) < 4.78 is 10.4. The third kappa shape index (κ3) is 9.03. The van der Waals surface area contributed by atoms with Crippen LogP contribution < -0.4 is 0 Å². The quantitative estimate of drug-likeness (QED) is 0.298. The summed E-state index contributed by atoms with van der Waals surface area (Å²) in [6.07, 6.45) is 9.00. The molecule has 0 heterocycles. The molecular formula is C17H32O4Si. The van der Waals surface area contributed by atoms with Crippen LogP contribution in [-0.4, -0.2) is 27.4 Å². The fraction of sp³-hybridized carbons (Fsp3) is 0.765. The summed E-state index contributed by atoms with van der Waals surface area (Å²) in [4.78, 5) is 23.2. The largest absolute Gasteiger partial charge is 0.516 e. The Bertz CT molecular complexity index is 331. The van der Waals surface area contributed by atoms with E-state index in [2.05, 4.69) is 25.5 Å². The molecule has 0 aliphatic carbocycles. The molecule has 0 saturated carbocycles. The molecule has 0 radical (unpaired) electrons. The Hall–Kier alpha value is -1.10. The molecule has 0 aromatic carbocycles. The van der Waals surface area contributed by atoms with Gasteiger partial charge < -0.3 is 9.16 Å². The van der Waals surface area contributed by atoms with Crippen LogP contribution in [-0.2, 0) is 18.8 Å². The van der Waals surface area contributed by atoms with E-state index < -0.39 is 14.3 Å². The molecule has 128 valence electrons. The first-order valence-electron chi connectivity index (χ1n) is 8.52. The van der Waals surface area contributed by atoms with Crippen molar-refractivity contribution >= 4 is 20.3 Å². The summed E-state index contributed by atoms with van der Waals surface area (Å²) in [7, 11) is -0.764. The van der Waals surface area contributed by atoms with Crippen LogP contribution in [0.5, 0.6) is 0 Å². The Morgan fingerprint density at radius 1 is 0.818 bits per heavy atom. The van der Waals surface area contributed by atoms with Crippen LogP contribution in [0.25, 0.3) is 0 Å². The fourth-order valence-electron chi connectivity index (χ4n) is 2.48. The number of methoxy groups -OCH3 is 1. The van der Waals surface area contributed by atoms with E-state index in [0.29, 0.717) is 0 Å². The number of hydrogen-bond donors (Lipinski definition) is 0. The fourth-order valence-corrected chi connectivity index (χ4v) is 7.02. The third-order valence-corrected chi connectivity index (χ3v) is 8.26. The van der Waals surface area contributed by atoms with Gasteiger partial charge in [-0.1, -0.05) is 59.3 Å². The van der Waals surface area contributed by atoms with Crippen molar-refractivity contribution in [1.82, 2.24) is 0 Å². The van der Waals surface area contributed by atoms with E-state index in [1.54, 1.807) is 0 Å². The molecule has 22 heavy (non-hydrogen) atoms. The average molecular weight is 329 g/mol. The van der Waals surface area contributed by atoms with E-state index in [1.165, 1.54) is 13.2 Å². The number of carbonyl (C=O) groups is 2. The monoisotopic (exact) mass is 328 g/mol. The molecule has 0 aromatic heterocycles. The molecule has 0 rings (SSSR count). The van der Waals surface area contributed by atoms with Gasteiger partial charge in [0.2, 0.25) is 0 Å². The molecular weight excluding hydrogens is 296 g/mol. The molecule has 0 aromatic rings. The zero-order chi connectivity index (χ0) is 16.8. The highest BCUT2D eigenvalue weighted by atomic mass is 28.4. The average Bonchev–Trinajstić information content (AvgIpc) is 2.53. The summed E-state index contributed by atoms with van der Waals surface area (Å²) in [6, 6.07) is 3.09. The molecule has 0 amide bonds. The SMILES string of the molecule is CCCC[Si](CCCC)(CCCC)OC(=O)/C=C\C(=O)OC. The van der Waals surface area contributed by atoms with E-state index in [1.807, 2.05) is 0 Å². The first-order valence-corrected chi connectivity index (χ1v) is 11.1. The zero-order valence-corrected chi connectivity index (χ0v) is 15.7. The smallest absolute Gasteiger partial charge is 0.330 e. The van der Waals surface area contributed by atoms with Gasteiger partial charge in [-0.25, -0.2) is 9.59 Å². The van der Waals surface area contributed by atoms with Crippen molar-refractivity contribution in [3.05, 3.63) is 12.2 Å². The first-order chi connectivity index (χ1) is 10.5. The van der Waals surface area contributed by atoms with Crippen LogP contribution in [0.2, 0.25) is 18.1 Å². The second-order valence-corrected chi connectivity index (χ2v) is 9.84. The van der Waals surface area contributed by atoms with E-state index in [0.717, 1.165) is 62.7 Å². The van der Waals surface area contributed by atoms with Crippen molar-refractivity contribution in [1.29, 1.82) is 0 Å². The van der Waals surface area contributed by atoms with Gasteiger partial charge in [0.1, 0.15) is 0 Å². The molecule has 4 nitrogen and oxygen atoms in total. The van der Waals surface area contributed by atoms with Gasteiger partial charge in [-0.3, -0.25) is 0 Å². The molecule has 0 spiro atoms. The van der Waals surface area contributed by atoms with Crippen molar-refractivity contribution < 1.29 is 18.8 Å². The van der Waals surface area contributed by atoms with Crippen molar-refractivity contribution in [3.63, 3.8) is 0 Å². The molecule has 5 heteroatoms. The summed E-state index contributed by atoms with van der Waals surface area (Å²) in [5.74, 6) is -0.916. The van der Waals surface area contributed by atoms with Gasteiger partial charge in [-0.2, -0.15) is 0 Å². The van der Waals surface area contributed by atoms with Crippen LogP contribution >= 0.6 is 0 Å². The Labute approximate surface area is 136 Å². The van der Waals surface area contributed by atoms with E-state index >= 15 is 0 Å². The van der Waals surface area contributed by atoms with Crippen molar-refractivity contribution in [2.24, 2.45) is 0 Å². The number of hydrogen-bond acceptors (Lipinski definition) is 4. The summed E-state index contributed by atoms with van der Waals surface area (Å²) in [5, 5.41) is 0. The molecule has 0 bridgehead atoms. The van der Waals surface area contributed by atoms with Crippen LogP contribution in [0.1, 0.15) is 59.3 Å². The summed E-state index contributed by atoms with van der Waals surface area (Å²) in [6.45, 7) is 6.49. The second kappa shape index (κ2) is 12.4. The Morgan fingerprint density at radius 3 is 1.59 bits per heavy atom. The number of rotatable bonds is 12. The predicted octanol–water partition coefficient (Wildman–Crippen LogP) is 4.60.